The van der Waals surface area contributed by atoms with Gasteiger partial charge in [0.25, 0.3) is 0 Å². The number of aromatic amines is 1. The van der Waals surface area contributed by atoms with Crippen molar-refractivity contribution in [2.24, 2.45) is 0 Å². The molecule has 0 spiro atoms. The van der Waals surface area contributed by atoms with Crippen LogP contribution >= 0.6 is 11.8 Å². The molecule has 21 heavy (non-hydrogen) atoms. The molecule has 1 atom stereocenters. The fourth-order valence-electron chi connectivity index (χ4n) is 2.19. The highest BCUT2D eigenvalue weighted by molar-refractivity contribution is 7.99. The predicted molar refractivity (Wildman–Crippen MR) is 82.0 cm³/mol. The molecule has 0 amide bonds. The first-order valence-electron chi connectivity index (χ1n) is 6.64. The number of aliphatic hydroxyl groups is 1. The highest BCUT2D eigenvalue weighted by Gasteiger charge is 2.12. The smallest absolute Gasteiger partial charge is 0.171 e. The van der Waals surface area contributed by atoms with Gasteiger partial charge in [0.15, 0.2) is 5.16 Å². The minimum absolute atomic E-state index is 0.351. The number of aromatic nitrogens is 2. The zero-order valence-electron chi connectivity index (χ0n) is 11.7. The van der Waals surface area contributed by atoms with Crippen LogP contribution in [0.5, 0.6) is 0 Å². The van der Waals surface area contributed by atoms with Crippen LogP contribution < -0.4 is 0 Å². The van der Waals surface area contributed by atoms with Gasteiger partial charge in [-0.2, -0.15) is 0 Å². The largest absolute Gasteiger partial charge is 0.389 e. The second kappa shape index (κ2) is 5.50. The van der Waals surface area contributed by atoms with Gasteiger partial charge in [0.2, 0.25) is 0 Å². The summed E-state index contributed by atoms with van der Waals surface area (Å²) in [6.07, 6.45) is -0.727. The number of halogens is 1. The molecule has 2 aromatic carbocycles. The van der Waals surface area contributed by atoms with E-state index < -0.39 is 6.10 Å². The zero-order chi connectivity index (χ0) is 15.0. The van der Waals surface area contributed by atoms with Crippen molar-refractivity contribution in [1.82, 2.24) is 9.97 Å². The van der Waals surface area contributed by atoms with Gasteiger partial charge in [0.05, 0.1) is 17.1 Å². The lowest BCUT2D eigenvalue weighted by molar-refractivity contribution is 0.196. The molecule has 1 heterocycles. The average Bonchev–Trinajstić information content (AvgIpc) is 2.82. The van der Waals surface area contributed by atoms with E-state index in [-0.39, 0.29) is 5.82 Å². The molecule has 0 aliphatic carbocycles. The van der Waals surface area contributed by atoms with Gasteiger partial charge >= 0.3 is 0 Å². The molecule has 0 fully saturated rings. The molecule has 0 unspecified atom stereocenters. The van der Waals surface area contributed by atoms with Crippen LogP contribution in [0.3, 0.4) is 0 Å². The monoisotopic (exact) mass is 302 g/mol. The van der Waals surface area contributed by atoms with E-state index in [0.29, 0.717) is 5.56 Å². The Morgan fingerprint density at radius 1 is 1.24 bits per heavy atom. The fourth-order valence-corrected chi connectivity index (χ4v) is 3.19. The fraction of sp³-hybridized carbons (Fsp3) is 0.188. The predicted octanol–water partition coefficient (Wildman–Crippen LogP) is 4.21. The van der Waals surface area contributed by atoms with Crippen LogP contribution in [-0.4, -0.2) is 15.1 Å². The van der Waals surface area contributed by atoms with E-state index in [1.165, 1.54) is 23.9 Å². The van der Waals surface area contributed by atoms with Gasteiger partial charge in [-0.05, 0) is 55.3 Å². The van der Waals surface area contributed by atoms with Crippen LogP contribution in [0.25, 0.3) is 11.0 Å². The minimum Gasteiger partial charge on any atom is -0.389 e. The summed E-state index contributed by atoms with van der Waals surface area (Å²) in [6, 6.07) is 10.4. The Morgan fingerprint density at radius 3 is 2.81 bits per heavy atom. The van der Waals surface area contributed by atoms with E-state index in [9.17, 15) is 9.50 Å². The third kappa shape index (κ3) is 2.94. The number of nitrogens with zero attached hydrogens (tertiary/aromatic N) is 1. The first kappa shape index (κ1) is 14.1. The highest BCUT2D eigenvalue weighted by Crippen LogP contribution is 2.33. The third-order valence-electron chi connectivity index (χ3n) is 3.24. The van der Waals surface area contributed by atoms with Gasteiger partial charge in [-0.1, -0.05) is 17.8 Å². The van der Waals surface area contributed by atoms with E-state index in [0.717, 1.165) is 26.6 Å². The van der Waals surface area contributed by atoms with Gasteiger partial charge in [-0.25, -0.2) is 9.37 Å². The molecule has 0 radical (unpaired) electrons. The number of rotatable bonds is 3. The molecule has 0 aliphatic rings. The molecule has 1 aromatic heterocycles. The van der Waals surface area contributed by atoms with Crippen molar-refractivity contribution >= 4 is 22.8 Å². The van der Waals surface area contributed by atoms with Gasteiger partial charge in [-0.3, -0.25) is 0 Å². The number of hydrogen-bond acceptors (Lipinski definition) is 3. The van der Waals surface area contributed by atoms with E-state index in [2.05, 4.69) is 9.97 Å². The van der Waals surface area contributed by atoms with Crippen molar-refractivity contribution in [1.29, 1.82) is 0 Å². The van der Waals surface area contributed by atoms with E-state index in [4.69, 9.17) is 0 Å². The number of H-pyrrole nitrogens is 1. The van der Waals surface area contributed by atoms with Crippen molar-refractivity contribution in [2.75, 3.05) is 0 Å². The zero-order valence-corrected chi connectivity index (χ0v) is 12.5. The maximum atomic E-state index is 13.3. The van der Waals surface area contributed by atoms with Gasteiger partial charge in [-0.15, -0.1) is 0 Å². The van der Waals surface area contributed by atoms with Crippen LogP contribution in [-0.2, 0) is 0 Å². The maximum Gasteiger partial charge on any atom is 0.171 e. The first-order chi connectivity index (χ1) is 10.0. The van der Waals surface area contributed by atoms with Gasteiger partial charge in [0, 0.05) is 4.90 Å². The van der Waals surface area contributed by atoms with Gasteiger partial charge < -0.3 is 10.1 Å². The number of nitrogens with one attached hydrogen (secondary N) is 1. The second-order valence-corrected chi connectivity index (χ2v) is 6.05. The molecule has 2 N–H and O–H groups in total. The summed E-state index contributed by atoms with van der Waals surface area (Å²) >= 11 is 1.39. The summed E-state index contributed by atoms with van der Waals surface area (Å²) in [5, 5.41) is 10.5. The van der Waals surface area contributed by atoms with Gasteiger partial charge in [0.1, 0.15) is 5.82 Å². The Morgan fingerprint density at radius 2 is 2.05 bits per heavy atom. The van der Waals surface area contributed by atoms with E-state index in [1.807, 2.05) is 25.1 Å². The summed E-state index contributed by atoms with van der Waals surface area (Å²) in [6.45, 7) is 3.65. The molecule has 0 aliphatic heterocycles. The number of aliphatic hydroxyl groups excluding tert-OH is 1. The Hall–Kier alpha value is -1.85. The van der Waals surface area contributed by atoms with Crippen LogP contribution in [0.15, 0.2) is 46.5 Å². The third-order valence-corrected chi connectivity index (χ3v) is 4.22. The summed E-state index contributed by atoms with van der Waals surface area (Å²) in [7, 11) is 0. The van der Waals surface area contributed by atoms with Crippen molar-refractivity contribution in [2.45, 2.75) is 30.0 Å². The Balaban J connectivity index is 1.98. The molecule has 0 saturated carbocycles. The quantitative estimate of drug-likeness (QED) is 0.761. The number of hydrogen-bond donors (Lipinski definition) is 2. The Bertz CT molecular complexity index is 798. The summed E-state index contributed by atoms with van der Waals surface area (Å²) in [5.41, 5.74) is 3.59. The molecule has 0 saturated heterocycles. The molecular weight excluding hydrogens is 287 g/mol. The van der Waals surface area contributed by atoms with Crippen molar-refractivity contribution in [3.63, 3.8) is 0 Å². The lowest BCUT2D eigenvalue weighted by Crippen LogP contribution is -1.95. The Labute approximate surface area is 126 Å². The first-order valence-corrected chi connectivity index (χ1v) is 7.46. The van der Waals surface area contributed by atoms with Crippen LogP contribution in [0.1, 0.15) is 24.2 Å². The number of aryl methyl sites for hydroxylation is 1. The molecule has 3 aromatic rings. The molecule has 3 rings (SSSR count). The van der Waals surface area contributed by atoms with E-state index in [1.54, 1.807) is 13.0 Å². The standard InChI is InChI=1S/C16H15FN2OS/c1-9-3-5-13-14(7-9)19-16(18-13)21-15-6-4-11(17)8-12(15)10(2)20/h3-8,10,20H,1-2H3,(H,18,19)/t10-/m0/s1. The van der Waals surface area contributed by atoms with Crippen LogP contribution in [0.2, 0.25) is 0 Å². The molecule has 5 heteroatoms. The summed E-state index contributed by atoms with van der Waals surface area (Å²) < 4.78 is 13.3. The average molecular weight is 302 g/mol. The lowest BCUT2D eigenvalue weighted by atomic mass is 10.1. The van der Waals surface area contributed by atoms with Crippen molar-refractivity contribution < 1.29 is 9.50 Å². The van der Waals surface area contributed by atoms with E-state index >= 15 is 0 Å². The molecular formula is C16H15FN2OS. The van der Waals surface area contributed by atoms with Crippen LogP contribution in [0, 0.1) is 12.7 Å². The normalized spacial score (nSPS) is 12.8. The summed E-state index contributed by atoms with van der Waals surface area (Å²) in [5.74, 6) is -0.351. The van der Waals surface area contributed by atoms with Crippen molar-refractivity contribution in [3.05, 3.63) is 53.3 Å². The van der Waals surface area contributed by atoms with Crippen molar-refractivity contribution in [3.8, 4) is 0 Å². The molecule has 0 bridgehead atoms. The Kier molecular flexibility index (Phi) is 3.69. The lowest BCUT2D eigenvalue weighted by Gasteiger charge is -2.10. The number of imidazole rings is 1. The topological polar surface area (TPSA) is 48.9 Å². The summed E-state index contributed by atoms with van der Waals surface area (Å²) in [4.78, 5) is 8.54. The minimum atomic E-state index is -0.727. The second-order valence-electron chi connectivity index (χ2n) is 5.02. The van der Waals surface area contributed by atoms with Crippen LogP contribution in [0.4, 0.5) is 4.39 Å². The molecule has 108 valence electrons. The number of fused-ring (bicyclic) bond motifs is 1. The maximum absolute atomic E-state index is 13.3. The SMILES string of the molecule is Cc1ccc2nc(Sc3ccc(F)cc3[C@H](C)O)[nH]c2c1. The number of benzene rings is 2. The molecule has 3 nitrogen and oxygen atoms in total. The highest BCUT2D eigenvalue weighted by atomic mass is 32.2.